The average molecular weight is 203 g/mol. The summed E-state index contributed by atoms with van der Waals surface area (Å²) < 4.78 is 1.66. The van der Waals surface area contributed by atoms with Crippen LogP contribution >= 0.6 is 0 Å². The van der Waals surface area contributed by atoms with Crippen molar-refractivity contribution in [1.29, 1.82) is 0 Å². The van der Waals surface area contributed by atoms with E-state index in [9.17, 15) is 0 Å². The highest BCUT2D eigenvalue weighted by atomic mass is 15.4. The highest BCUT2D eigenvalue weighted by Gasteiger charge is 2.11. The Morgan fingerprint density at radius 3 is 2.47 bits per heavy atom. The number of hydrogen-bond donors (Lipinski definition) is 0. The van der Waals surface area contributed by atoms with E-state index in [4.69, 9.17) is 0 Å². The van der Waals surface area contributed by atoms with Crippen molar-refractivity contribution in [2.24, 2.45) is 0 Å². The summed E-state index contributed by atoms with van der Waals surface area (Å²) in [5.41, 5.74) is 0.933. The zero-order valence-corrected chi connectivity index (χ0v) is 9.05. The molecule has 0 radical (unpaired) electrons. The van der Waals surface area contributed by atoms with E-state index < -0.39 is 0 Å². The molecule has 0 saturated carbocycles. The van der Waals surface area contributed by atoms with Crippen molar-refractivity contribution in [2.75, 3.05) is 0 Å². The molecular weight excluding hydrogens is 190 g/mol. The molecule has 2 aromatic rings. The van der Waals surface area contributed by atoms with Gasteiger partial charge in [0.25, 0.3) is 0 Å². The van der Waals surface area contributed by atoms with Crippen LogP contribution in [0.3, 0.4) is 0 Å². The standard InChI is InChI=1S/C10H13N5/c1-7(2)9-10(12-5-4-11-9)15-6-13-8(3)14-15/h4-7H,1-3H3. The largest absolute Gasteiger partial charge is 0.255 e. The van der Waals surface area contributed by atoms with Crippen molar-refractivity contribution in [2.45, 2.75) is 26.7 Å². The van der Waals surface area contributed by atoms with Gasteiger partial charge in [0, 0.05) is 12.4 Å². The smallest absolute Gasteiger partial charge is 0.177 e. The zero-order valence-electron chi connectivity index (χ0n) is 9.05. The molecule has 15 heavy (non-hydrogen) atoms. The zero-order chi connectivity index (χ0) is 10.8. The predicted octanol–water partition coefficient (Wildman–Crippen LogP) is 1.49. The van der Waals surface area contributed by atoms with Crippen molar-refractivity contribution in [3.8, 4) is 5.82 Å². The maximum atomic E-state index is 4.31. The molecule has 2 heterocycles. The van der Waals surface area contributed by atoms with Gasteiger partial charge in [-0.3, -0.25) is 4.98 Å². The van der Waals surface area contributed by atoms with Gasteiger partial charge in [-0.15, -0.1) is 0 Å². The maximum absolute atomic E-state index is 4.31. The summed E-state index contributed by atoms with van der Waals surface area (Å²) in [6.45, 7) is 6.01. The molecule has 0 spiro atoms. The average Bonchev–Trinajstić information content (AvgIpc) is 2.65. The highest BCUT2D eigenvalue weighted by molar-refractivity contribution is 5.28. The van der Waals surface area contributed by atoms with Gasteiger partial charge in [0.15, 0.2) is 5.82 Å². The first-order valence-corrected chi connectivity index (χ1v) is 4.88. The molecule has 0 N–H and O–H groups in total. The van der Waals surface area contributed by atoms with Crippen LogP contribution in [0.5, 0.6) is 0 Å². The van der Waals surface area contributed by atoms with Crippen LogP contribution in [0.1, 0.15) is 31.3 Å². The van der Waals surface area contributed by atoms with E-state index in [1.807, 2.05) is 6.92 Å². The molecule has 0 saturated heterocycles. The first-order valence-electron chi connectivity index (χ1n) is 4.88. The van der Waals surface area contributed by atoms with E-state index in [1.165, 1.54) is 0 Å². The second kappa shape index (κ2) is 3.76. The molecule has 0 bridgehead atoms. The summed E-state index contributed by atoms with van der Waals surface area (Å²) in [5, 5.41) is 4.23. The third-order valence-electron chi connectivity index (χ3n) is 2.08. The van der Waals surface area contributed by atoms with Crippen LogP contribution in [0.25, 0.3) is 5.82 Å². The minimum absolute atomic E-state index is 0.318. The number of hydrogen-bond acceptors (Lipinski definition) is 4. The number of nitrogens with zero attached hydrogens (tertiary/aromatic N) is 5. The van der Waals surface area contributed by atoms with Crippen LogP contribution in [-0.2, 0) is 0 Å². The molecule has 5 heteroatoms. The first kappa shape index (κ1) is 9.76. The second-order valence-corrected chi connectivity index (χ2v) is 3.66. The van der Waals surface area contributed by atoms with E-state index in [-0.39, 0.29) is 0 Å². The Balaban J connectivity index is 2.52. The van der Waals surface area contributed by atoms with Gasteiger partial charge < -0.3 is 0 Å². The van der Waals surface area contributed by atoms with Crippen molar-refractivity contribution in [3.63, 3.8) is 0 Å². The maximum Gasteiger partial charge on any atom is 0.177 e. The molecule has 0 aliphatic rings. The summed E-state index contributed by atoms with van der Waals surface area (Å²) in [7, 11) is 0. The monoisotopic (exact) mass is 203 g/mol. The van der Waals surface area contributed by atoms with Gasteiger partial charge in [0.05, 0.1) is 5.69 Å². The minimum Gasteiger partial charge on any atom is -0.255 e. The Hall–Kier alpha value is -1.78. The van der Waals surface area contributed by atoms with E-state index in [2.05, 4.69) is 33.9 Å². The molecule has 0 aromatic carbocycles. The van der Waals surface area contributed by atoms with Gasteiger partial charge in [0.2, 0.25) is 0 Å². The van der Waals surface area contributed by atoms with Crippen LogP contribution in [0.15, 0.2) is 18.7 Å². The van der Waals surface area contributed by atoms with E-state index in [0.29, 0.717) is 5.92 Å². The van der Waals surface area contributed by atoms with Crippen LogP contribution in [0, 0.1) is 6.92 Å². The molecule has 0 fully saturated rings. The molecular formula is C10H13N5. The van der Waals surface area contributed by atoms with Crippen molar-refractivity contribution in [3.05, 3.63) is 30.2 Å². The normalized spacial score (nSPS) is 10.9. The second-order valence-electron chi connectivity index (χ2n) is 3.66. The van der Waals surface area contributed by atoms with Gasteiger partial charge in [-0.2, -0.15) is 5.10 Å². The lowest BCUT2D eigenvalue weighted by Crippen LogP contribution is -2.06. The number of aromatic nitrogens is 5. The third-order valence-corrected chi connectivity index (χ3v) is 2.08. The molecule has 0 atom stereocenters. The fraction of sp³-hybridized carbons (Fsp3) is 0.400. The summed E-state index contributed by atoms with van der Waals surface area (Å²) >= 11 is 0. The van der Waals surface area contributed by atoms with Gasteiger partial charge >= 0.3 is 0 Å². The Morgan fingerprint density at radius 1 is 1.13 bits per heavy atom. The molecule has 2 aromatic heterocycles. The minimum atomic E-state index is 0.318. The van der Waals surface area contributed by atoms with Crippen LogP contribution in [-0.4, -0.2) is 24.7 Å². The Labute approximate surface area is 88.2 Å². The van der Waals surface area contributed by atoms with Crippen LogP contribution in [0.4, 0.5) is 0 Å². The Morgan fingerprint density at radius 2 is 1.87 bits per heavy atom. The van der Waals surface area contributed by atoms with Crippen LogP contribution in [0.2, 0.25) is 0 Å². The summed E-state index contributed by atoms with van der Waals surface area (Å²) in [6.07, 6.45) is 5.02. The van der Waals surface area contributed by atoms with Crippen molar-refractivity contribution >= 4 is 0 Å². The fourth-order valence-corrected chi connectivity index (χ4v) is 1.37. The molecule has 0 aliphatic carbocycles. The van der Waals surface area contributed by atoms with E-state index >= 15 is 0 Å². The van der Waals surface area contributed by atoms with Gasteiger partial charge in [-0.1, -0.05) is 13.8 Å². The lowest BCUT2D eigenvalue weighted by atomic mass is 10.1. The summed E-state index contributed by atoms with van der Waals surface area (Å²) in [4.78, 5) is 12.7. The number of aryl methyl sites for hydroxylation is 1. The molecule has 2 rings (SSSR count). The summed E-state index contributed by atoms with van der Waals surface area (Å²) in [6, 6.07) is 0. The highest BCUT2D eigenvalue weighted by Crippen LogP contribution is 2.16. The topological polar surface area (TPSA) is 56.5 Å². The van der Waals surface area contributed by atoms with Crippen LogP contribution < -0.4 is 0 Å². The van der Waals surface area contributed by atoms with Gasteiger partial charge in [-0.25, -0.2) is 14.6 Å². The first-order chi connectivity index (χ1) is 7.18. The van der Waals surface area contributed by atoms with E-state index in [0.717, 1.165) is 17.3 Å². The predicted molar refractivity (Wildman–Crippen MR) is 55.8 cm³/mol. The van der Waals surface area contributed by atoms with Gasteiger partial charge in [0.1, 0.15) is 12.2 Å². The fourth-order valence-electron chi connectivity index (χ4n) is 1.37. The van der Waals surface area contributed by atoms with Crippen molar-refractivity contribution < 1.29 is 0 Å². The SMILES string of the molecule is Cc1ncn(-c2nccnc2C(C)C)n1. The Bertz CT molecular complexity index is 460. The lowest BCUT2D eigenvalue weighted by molar-refractivity contribution is 0.747. The quantitative estimate of drug-likeness (QED) is 0.742. The van der Waals surface area contributed by atoms with E-state index in [1.54, 1.807) is 23.4 Å². The van der Waals surface area contributed by atoms with Gasteiger partial charge in [-0.05, 0) is 12.8 Å². The van der Waals surface area contributed by atoms with Crippen molar-refractivity contribution in [1.82, 2.24) is 24.7 Å². The number of rotatable bonds is 2. The third kappa shape index (κ3) is 1.86. The summed E-state index contributed by atoms with van der Waals surface area (Å²) in [5.74, 6) is 1.81. The lowest BCUT2D eigenvalue weighted by Gasteiger charge is -2.08. The molecule has 78 valence electrons. The molecule has 5 nitrogen and oxygen atoms in total. The molecule has 0 unspecified atom stereocenters. The molecule has 0 amide bonds. The Kier molecular flexibility index (Phi) is 2.45. The molecule has 0 aliphatic heterocycles.